The van der Waals surface area contributed by atoms with Crippen molar-refractivity contribution in [2.45, 2.75) is 63.9 Å². The fourth-order valence-electron chi connectivity index (χ4n) is 5.35. The highest BCUT2D eigenvalue weighted by Crippen LogP contribution is 2.35. The second kappa shape index (κ2) is 10.3. The number of nitrogens with zero attached hydrogens (tertiary/aromatic N) is 3. The van der Waals surface area contributed by atoms with Crippen molar-refractivity contribution in [1.82, 2.24) is 25.5 Å². The van der Waals surface area contributed by atoms with Gasteiger partial charge in [-0.1, -0.05) is 48.5 Å². The van der Waals surface area contributed by atoms with E-state index in [2.05, 4.69) is 31.6 Å². The quantitative estimate of drug-likeness (QED) is 0.553. The molecule has 2 amide bonds. The summed E-state index contributed by atoms with van der Waals surface area (Å²) in [6.07, 6.45) is 6.08. The van der Waals surface area contributed by atoms with E-state index in [0.29, 0.717) is 13.0 Å². The van der Waals surface area contributed by atoms with E-state index in [1.54, 1.807) is 12.4 Å². The maximum atomic E-state index is 14.0. The maximum absolute atomic E-state index is 14.0. The molecule has 1 aromatic heterocycles. The van der Waals surface area contributed by atoms with Crippen LogP contribution in [0.1, 0.15) is 60.7 Å². The molecule has 0 fully saturated rings. The third-order valence-electron chi connectivity index (χ3n) is 6.86. The van der Waals surface area contributed by atoms with Crippen molar-refractivity contribution in [2.75, 3.05) is 6.54 Å². The molecule has 0 radical (unpaired) electrons. The van der Waals surface area contributed by atoms with Gasteiger partial charge in [0, 0.05) is 31.0 Å². The Morgan fingerprint density at radius 2 is 1.65 bits per heavy atom. The summed E-state index contributed by atoms with van der Waals surface area (Å²) in [5, 5.41) is 6.30. The van der Waals surface area contributed by atoms with Crippen molar-refractivity contribution in [2.24, 2.45) is 0 Å². The highest BCUT2D eigenvalue weighted by molar-refractivity contribution is 5.84. The Labute approximate surface area is 217 Å². The van der Waals surface area contributed by atoms with Crippen molar-refractivity contribution in [3.8, 4) is 0 Å². The van der Waals surface area contributed by atoms with Crippen LogP contribution in [0.2, 0.25) is 0 Å². The van der Waals surface area contributed by atoms with Crippen molar-refractivity contribution in [3.63, 3.8) is 0 Å². The summed E-state index contributed by atoms with van der Waals surface area (Å²) in [6.45, 7) is 6.82. The molecular weight excluding hydrogens is 466 g/mol. The summed E-state index contributed by atoms with van der Waals surface area (Å²) in [6, 6.07) is 15.0. The highest BCUT2D eigenvalue weighted by atomic mass is 16.6. The van der Waals surface area contributed by atoms with E-state index in [0.717, 1.165) is 35.2 Å². The Balaban J connectivity index is 1.40. The molecule has 0 bridgehead atoms. The van der Waals surface area contributed by atoms with Crippen molar-refractivity contribution in [1.29, 1.82) is 0 Å². The average molecular weight is 500 g/mol. The lowest BCUT2D eigenvalue weighted by molar-refractivity contribution is -0.128. The van der Waals surface area contributed by atoms with Crippen LogP contribution in [0.5, 0.6) is 0 Å². The molecule has 5 rings (SSSR count). The number of hydrogen-bond donors (Lipinski definition) is 2. The van der Waals surface area contributed by atoms with Gasteiger partial charge in [0.1, 0.15) is 18.0 Å². The number of ether oxygens (including phenoxy) is 1. The number of alkyl carbamates (subject to hydrolysis) is 1. The van der Waals surface area contributed by atoms with Crippen molar-refractivity contribution >= 4 is 12.0 Å². The van der Waals surface area contributed by atoms with Crippen LogP contribution in [0.4, 0.5) is 4.79 Å². The lowest BCUT2D eigenvalue weighted by atomic mass is 9.91. The molecule has 8 nitrogen and oxygen atoms in total. The Bertz CT molecular complexity index is 1270. The zero-order chi connectivity index (χ0) is 26.0. The molecule has 3 aromatic rings. The van der Waals surface area contributed by atoms with Crippen LogP contribution >= 0.6 is 0 Å². The minimum Gasteiger partial charge on any atom is -0.444 e. The van der Waals surface area contributed by atoms with Gasteiger partial charge in [-0.3, -0.25) is 9.69 Å². The zero-order valence-corrected chi connectivity index (χ0v) is 21.5. The zero-order valence-electron chi connectivity index (χ0n) is 21.5. The van der Waals surface area contributed by atoms with Gasteiger partial charge < -0.3 is 15.4 Å². The van der Waals surface area contributed by atoms with Gasteiger partial charge >= 0.3 is 6.09 Å². The van der Waals surface area contributed by atoms with Gasteiger partial charge in [-0.25, -0.2) is 14.8 Å². The Morgan fingerprint density at radius 1 is 0.973 bits per heavy atom. The fraction of sp³-hybridized carbons (Fsp3) is 0.379. The summed E-state index contributed by atoms with van der Waals surface area (Å²) in [5.41, 5.74) is 4.64. The molecular formula is C29H33N5O3. The topological polar surface area (TPSA) is 96.5 Å². The molecule has 1 aliphatic carbocycles. The molecule has 2 aliphatic rings. The molecule has 1 unspecified atom stereocenters. The second-order valence-electron chi connectivity index (χ2n) is 10.7. The molecule has 2 aromatic carbocycles. The number of aromatic nitrogens is 2. The number of carbonyl (C=O) groups excluding carboxylic acids is 2. The van der Waals surface area contributed by atoms with Gasteiger partial charge in [-0.05, 0) is 55.9 Å². The van der Waals surface area contributed by atoms with E-state index in [1.807, 2.05) is 63.2 Å². The molecule has 2 N–H and O–H groups in total. The van der Waals surface area contributed by atoms with Crippen molar-refractivity contribution < 1.29 is 14.3 Å². The summed E-state index contributed by atoms with van der Waals surface area (Å²) in [4.78, 5) is 37.2. The van der Waals surface area contributed by atoms with Gasteiger partial charge in [-0.2, -0.15) is 0 Å². The van der Waals surface area contributed by atoms with Crippen LogP contribution < -0.4 is 10.6 Å². The maximum Gasteiger partial charge on any atom is 0.408 e. The third-order valence-corrected chi connectivity index (χ3v) is 6.86. The highest BCUT2D eigenvalue weighted by Gasteiger charge is 2.39. The Hall–Kier alpha value is -3.78. The molecule has 0 saturated heterocycles. The molecule has 2 heterocycles. The van der Waals surface area contributed by atoms with E-state index in [9.17, 15) is 9.59 Å². The minimum atomic E-state index is -0.617. The number of benzene rings is 2. The predicted octanol–water partition coefficient (Wildman–Crippen LogP) is 3.88. The van der Waals surface area contributed by atoms with Gasteiger partial charge in [-0.15, -0.1) is 0 Å². The van der Waals surface area contributed by atoms with Crippen LogP contribution in [0.3, 0.4) is 0 Å². The molecule has 3 atom stereocenters. The van der Waals surface area contributed by atoms with Gasteiger partial charge in [0.2, 0.25) is 5.91 Å². The summed E-state index contributed by atoms with van der Waals surface area (Å²) >= 11 is 0. The SMILES string of the molecule is CC(C)(C)OC(=O)N[C@H]1c2ccccc2C[C@@H]1NC(=O)C1c2ccccc2CCN1Cc1cncnc1. The Kier molecular flexibility index (Phi) is 6.93. The van der Waals surface area contributed by atoms with E-state index >= 15 is 0 Å². The molecule has 1 aliphatic heterocycles. The normalized spacial score (nSPS) is 21.0. The van der Waals surface area contributed by atoms with Crippen molar-refractivity contribution in [3.05, 3.63) is 95.1 Å². The molecule has 37 heavy (non-hydrogen) atoms. The average Bonchev–Trinajstić information content (AvgIpc) is 3.19. The van der Waals surface area contributed by atoms with E-state index < -0.39 is 17.7 Å². The van der Waals surface area contributed by atoms with E-state index in [4.69, 9.17) is 4.74 Å². The fourth-order valence-corrected chi connectivity index (χ4v) is 5.35. The second-order valence-corrected chi connectivity index (χ2v) is 10.7. The van der Waals surface area contributed by atoms with Crippen LogP contribution in [0.25, 0.3) is 0 Å². The predicted molar refractivity (Wildman–Crippen MR) is 140 cm³/mol. The summed E-state index contributed by atoms with van der Waals surface area (Å²) in [5.74, 6) is -0.0854. The molecule has 8 heteroatoms. The van der Waals surface area contributed by atoms with Crippen LogP contribution in [-0.4, -0.2) is 45.1 Å². The number of nitrogens with one attached hydrogen (secondary N) is 2. The number of rotatable bonds is 5. The smallest absolute Gasteiger partial charge is 0.408 e. The number of carbonyl (C=O) groups is 2. The molecule has 0 saturated carbocycles. The first-order valence-electron chi connectivity index (χ1n) is 12.7. The standard InChI is InChI=1S/C29H33N5O3/c1-29(2,3)37-28(36)33-25-22-10-6-5-9-21(22)14-24(25)32-27(35)26-23-11-7-4-8-20(23)12-13-34(26)17-19-15-30-18-31-16-19/h4-11,15-16,18,24-26H,12-14,17H2,1-3H3,(H,32,35)(H,33,36)/t24-,25-,26?/m0/s1. The van der Waals surface area contributed by atoms with Crippen LogP contribution in [0.15, 0.2) is 67.3 Å². The Morgan fingerprint density at radius 3 is 2.38 bits per heavy atom. The lowest BCUT2D eigenvalue weighted by Crippen LogP contribution is -2.50. The largest absolute Gasteiger partial charge is 0.444 e. The lowest BCUT2D eigenvalue weighted by Gasteiger charge is -2.37. The molecule has 0 spiro atoms. The number of hydrogen-bond acceptors (Lipinski definition) is 6. The van der Waals surface area contributed by atoms with E-state index in [-0.39, 0.29) is 18.0 Å². The first kappa shape index (κ1) is 24.9. The molecule has 192 valence electrons. The number of amides is 2. The third kappa shape index (κ3) is 5.64. The van der Waals surface area contributed by atoms with Crippen LogP contribution in [0, 0.1) is 0 Å². The van der Waals surface area contributed by atoms with Gasteiger partial charge in [0.25, 0.3) is 0 Å². The monoisotopic (exact) mass is 499 g/mol. The first-order valence-corrected chi connectivity index (χ1v) is 12.7. The summed E-state index contributed by atoms with van der Waals surface area (Å²) in [7, 11) is 0. The minimum absolute atomic E-state index is 0.0854. The van der Waals surface area contributed by atoms with Gasteiger partial charge in [0.05, 0.1) is 12.1 Å². The first-order chi connectivity index (χ1) is 17.8. The summed E-state index contributed by atoms with van der Waals surface area (Å²) < 4.78 is 5.53. The van der Waals surface area contributed by atoms with E-state index in [1.165, 1.54) is 11.9 Å². The van der Waals surface area contributed by atoms with Gasteiger partial charge in [0.15, 0.2) is 0 Å². The van der Waals surface area contributed by atoms with Crippen LogP contribution in [-0.2, 0) is 28.9 Å². The number of fused-ring (bicyclic) bond motifs is 2.